The van der Waals surface area contributed by atoms with Gasteiger partial charge in [0.05, 0.1) is 11.7 Å². The molecule has 1 N–H and O–H groups in total. The predicted octanol–water partition coefficient (Wildman–Crippen LogP) is 4.03. The van der Waals surface area contributed by atoms with Crippen LogP contribution in [-0.4, -0.2) is 12.0 Å². The zero-order chi connectivity index (χ0) is 13.3. The highest BCUT2D eigenvalue weighted by molar-refractivity contribution is 7.11. The lowest BCUT2D eigenvalue weighted by molar-refractivity contribution is 0.681. The lowest BCUT2D eigenvalue weighted by Gasteiger charge is -2.16. The van der Waals surface area contributed by atoms with Crippen LogP contribution in [0.5, 0.6) is 0 Å². The van der Waals surface area contributed by atoms with Crippen LogP contribution in [0.2, 0.25) is 5.02 Å². The summed E-state index contributed by atoms with van der Waals surface area (Å²) in [5, 5.41) is 5.23. The maximum absolute atomic E-state index is 6.01. The minimum absolute atomic E-state index is 0.139. The van der Waals surface area contributed by atoms with Crippen molar-refractivity contribution in [1.29, 1.82) is 0 Å². The first-order chi connectivity index (χ1) is 8.52. The van der Waals surface area contributed by atoms with E-state index in [-0.39, 0.29) is 6.04 Å². The van der Waals surface area contributed by atoms with E-state index >= 15 is 0 Å². The van der Waals surface area contributed by atoms with E-state index < -0.39 is 0 Å². The third-order valence-corrected chi connectivity index (χ3v) is 4.50. The Bertz CT molecular complexity index is 543. The van der Waals surface area contributed by atoms with Crippen LogP contribution in [0, 0.1) is 20.8 Å². The first-order valence-corrected chi connectivity index (χ1v) is 7.09. The highest BCUT2D eigenvalue weighted by atomic mass is 35.5. The monoisotopic (exact) mass is 280 g/mol. The molecule has 0 aliphatic rings. The van der Waals surface area contributed by atoms with Gasteiger partial charge in [-0.2, -0.15) is 0 Å². The molecule has 1 atom stereocenters. The summed E-state index contributed by atoms with van der Waals surface area (Å²) in [5.41, 5.74) is 3.53. The Morgan fingerprint density at radius 3 is 2.50 bits per heavy atom. The second kappa shape index (κ2) is 5.39. The fraction of sp³-hybridized carbons (Fsp3) is 0.357. The summed E-state index contributed by atoms with van der Waals surface area (Å²) in [6.07, 6.45) is 0. The number of hydrogen-bond donors (Lipinski definition) is 1. The van der Waals surface area contributed by atoms with Crippen molar-refractivity contribution in [1.82, 2.24) is 10.3 Å². The summed E-state index contributed by atoms with van der Waals surface area (Å²) >= 11 is 7.75. The molecule has 2 aromatic rings. The summed E-state index contributed by atoms with van der Waals surface area (Å²) in [6.45, 7) is 6.24. The SMILES string of the molecule is CNC(c1nc(C)c(C)s1)c1ccc(Cl)cc1C. The van der Waals surface area contributed by atoms with Crippen molar-refractivity contribution in [2.24, 2.45) is 0 Å². The van der Waals surface area contributed by atoms with Crippen LogP contribution in [0.25, 0.3) is 0 Å². The fourth-order valence-corrected chi connectivity index (χ4v) is 3.27. The molecule has 0 aliphatic carbocycles. The lowest BCUT2D eigenvalue weighted by Crippen LogP contribution is -2.18. The minimum atomic E-state index is 0.139. The molecule has 2 nitrogen and oxygen atoms in total. The zero-order valence-corrected chi connectivity index (χ0v) is 12.6. The van der Waals surface area contributed by atoms with E-state index in [1.807, 2.05) is 19.2 Å². The quantitative estimate of drug-likeness (QED) is 0.918. The summed E-state index contributed by atoms with van der Waals surface area (Å²) in [6, 6.07) is 6.14. The lowest BCUT2D eigenvalue weighted by atomic mass is 10.0. The van der Waals surface area contributed by atoms with Gasteiger partial charge in [0, 0.05) is 9.90 Å². The standard InChI is InChI=1S/C14H17ClN2S/c1-8-7-11(15)5-6-12(8)13(16-4)14-17-9(2)10(3)18-14/h5-7,13,16H,1-4H3. The largest absolute Gasteiger partial charge is 0.307 e. The van der Waals surface area contributed by atoms with E-state index in [2.05, 4.69) is 37.1 Å². The van der Waals surface area contributed by atoms with Crippen molar-refractivity contribution in [2.45, 2.75) is 26.8 Å². The van der Waals surface area contributed by atoms with Crippen molar-refractivity contribution in [3.63, 3.8) is 0 Å². The van der Waals surface area contributed by atoms with Gasteiger partial charge in [0.25, 0.3) is 0 Å². The predicted molar refractivity (Wildman–Crippen MR) is 78.7 cm³/mol. The van der Waals surface area contributed by atoms with Gasteiger partial charge < -0.3 is 5.32 Å². The van der Waals surface area contributed by atoms with Gasteiger partial charge in [-0.15, -0.1) is 11.3 Å². The molecule has 0 spiro atoms. The number of aryl methyl sites for hydroxylation is 3. The van der Waals surface area contributed by atoms with Crippen LogP contribution in [0.4, 0.5) is 0 Å². The van der Waals surface area contributed by atoms with Crippen molar-refractivity contribution < 1.29 is 0 Å². The number of rotatable bonds is 3. The number of nitrogens with one attached hydrogen (secondary N) is 1. The van der Waals surface area contributed by atoms with E-state index in [9.17, 15) is 0 Å². The van der Waals surface area contributed by atoms with E-state index in [1.165, 1.54) is 16.0 Å². The van der Waals surface area contributed by atoms with Gasteiger partial charge in [0.1, 0.15) is 5.01 Å². The summed E-state index contributed by atoms with van der Waals surface area (Å²) in [5.74, 6) is 0. The van der Waals surface area contributed by atoms with E-state index in [4.69, 9.17) is 11.6 Å². The maximum atomic E-state index is 6.01. The summed E-state index contributed by atoms with van der Waals surface area (Å²) < 4.78 is 0. The first kappa shape index (κ1) is 13.5. The molecule has 1 aromatic heterocycles. The van der Waals surface area contributed by atoms with Gasteiger partial charge in [-0.3, -0.25) is 0 Å². The van der Waals surface area contributed by atoms with Gasteiger partial charge in [-0.25, -0.2) is 4.98 Å². The highest BCUT2D eigenvalue weighted by Gasteiger charge is 2.18. The Kier molecular flexibility index (Phi) is 4.05. The summed E-state index contributed by atoms with van der Waals surface area (Å²) in [7, 11) is 1.96. The van der Waals surface area contributed by atoms with Crippen LogP contribution in [0.1, 0.15) is 32.7 Å². The first-order valence-electron chi connectivity index (χ1n) is 5.90. The van der Waals surface area contributed by atoms with Crippen LogP contribution in [-0.2, 0) is 0 Å². The number of halogens is 1. The van der Waals surface area contributed by atoms with Crippen molar-refractivity contribution >= 4 is 22.9 Å². The number of benzene rings is 1. The average Bonchev–Trinajstić information content (AvgIpc) is 2.63. The number of hydrogen-bond acceptors (Lipinski definition) is 3. The van der Waals surface area contributed by atoms with Crippen molar-refractivity contribution in [3.05, 3.63) is 49.9 Å². The topological polar surface area (TPSA) is 24.9 Å². The van der Waals surface area contributed by atoms with Gasteiger partial charge in [0.15, 0.2) is 0 Å². The Morgan fingerprint density at radius 1 is 1.28 bits per heavy atom. The highest BCUT2D eigenvalue weighted by Crippen LogP contribution is 2.30. The molecule has 1 heterocycles. The van der Waals surface area contributed by atoms with Gasteiger partial charge in [-0.05, 0) is 51.1 Å². The molecule has 1 aromatic carbocycles. The molecular weight excluding hydrogens is 264 g/mol. The Morgan fingerprint density at radius 2 is 2.00 bits per heavy atom. The van der Waals surface area contributed by atoms with E-state index in [0.29, 0.717) is 0 Å². The van der Waals surface area contributed by atoms with Gasteiger partial charge in [0.2, 0.25) is 0 Å². The molecule has 0 fully saturated rings. The summed E-state index contributed by atoms with van der Waals surface area (Å²) in [4.78, 5) is 5.92. The number of thiazole rings is 1. The normalized spacial score (nSPS) is 12.7. The Balaban J connectivity index is 2.45. The molecule has 96 valence electrons. The molecule has 1 unspecified atom stereocenters. The number of aromatic nitrogens is 1. The molecule has 0 saturated carbocycles. The molecule has 0 saturated heterocycles. The van der Waals surface area contributed by atoms with Crippen molar-refractivity contribution in [2.75, 3.05) is 7.05 Å². The molecule has 0 amide bonds. The second-order valence-electron chi connectivity index (χ2n) is 4.42. The molecule has 0 radical (unpaired) electrons. The van der Waals surface area contributed by atoms with E-state index in [0.717, 1.165) is 15.7 Å². The van der Waals surface area contributed by atoms with Crippen LogP contribution in [0.3, 0.4) is 0 Å². The molecule has 18 heavy (non-hydrogen) atoms. The molecule has 0 bridgehead atoms. The second-order valence-corrected chi connectivity index (χ2v) is 6.09. The molecular formula is C14H17ClN2S. The van der Waals surface area contributed by atoms with Gasteiger partial charge >= 0.3 is 0 Å². The number of nitrogens with zero attached hydrogens (tertiary/aromatic N) is 1. The Labute approximate surface area is 117 Å². The smallest absolute Gasteiger partial charge is 0.115 e. The fourth-order valence-electron chi connectivity index (χ4n) is 2.00. The van der Waals surface area contributed by atoms with Crippen LogP contribution < -0.4 is 5.32 Å². The maximum Gasteiger partial charge on any atom is 0.115 e. The Hall–Kier alpha value is -0.900. The molecule has 4 heteroatoms. The third kappa shape index (κ3) is 2.58. The minimum Gasteiger partial charge on any atom is -0.307 e. The molecule has 2 rings (SSSR count). The van der Waals surface area contributed by atoms with Gasteiger partial charge in [-0.1, -0.05) is 17.7 Å². The third-order valence-electron chi connectivity index (χ3n) is 3.12. The average molecular weight is 281 g/mol. The van der Waals surface area contributed by atoms with Crippen LogP contribution in [0.15, 0.2) is 18.2 Å². The van der Waals surface area contributed by atoms with E-state index in [1.54, 1.807) is 11.3 Å². The van der Waals surface area contributed by atoms with Crippen LogP contribution >= 0.6 is 22.9 Å². The molecule has 0 aliphatic heterocycles. The van der Waals surface area contributed by atoms with Crippen molar-refractivity contribution in [3.8, 4) is 0 Å². The zero-order valence-electron chi connectivity index (χ0n) is 11.0.